The van der Waals surface area contributed by atoms with Crippen molar-refractivity contribution in [3.63, 3.8) is 0 Å². The quantitative estimate of drug-likeness (QED) is 0.798. The standard InChI is InChI=1S/C14H24ClN5O/c1-11-16-13(15)8-14(17-11)19(3)9-12(21)10-20-6-4-18(2)5-7-20/h8,12,21H,4-7,9-10H2,1-3H3. The third-order valence-corrected chi connectivity index (χ3v) is 3.93. The molecular weight excluding hydrogens is 290 g/mol. The molecule has 7 heteroatoms. The highest BCUT2D eigenvalue weighted by Gasteiger charge is 2.18. The van der Waals surface area contributed by atoms with Gasteiger partial charge in [-0.15, -0.1) is 0 Å². The summed E-state index contributed by atoms with van der Waals surface area (Å²) in [6.07, 6.45) is -0.410. The molecule has 1 saturated heterocycles. The molecule has 0 aliphatic carbocycles. The van der Waals surface area contributed by atoms with Crippen molar-refractivity contribution >= 4 is 17.4 Å². The van der Waals surface area contributed by atoms with Crippen LogP contribution in [-0.2, 0) is 0 Å². The van der Waals surface area contributed by atoms with Gasteiger partial charge in [-0.3, -0.25) is 4.90 Å². The number of aryl methyl sites for hydroxylation is 1. The molecule has 0 saturated carbocycles. The molecule has 0 radical (unpaired) electrons. The SMILES string of the molecule is Cc1nc(Cl)cc(N(C)CC(O)CN2CCN(C)CC2)n1. The molecule has 1 atom stereocenters. The van der Waals surface area contributed by atoms with E-state index >= 15 is 0 Å². The van der Waals surface area contributed by atoms with Gasteiger partial charge in [-0.25, -0.2) is 9.97 Å². The van der Waals surface area contributed by atoms with Crippen LogP contribution in [0.5, 0.6) is 0 Å². The molecule has 2 heterocycles. The van der Waals surface area contributed by atoms with E-state index < -0.39 is 6.10 Å². The lowest BCUT2D eigenvalue weighted by atomic mass is 10.2. The van der Waals surface area contributed by atoms with Crippen molar-refractivity contribution in [2.45, 2.75) is 13.0 Å². The number of hydrogen-bond acceptors (Lipinski definition) is 6. The molecule has 1 aliphatic rings. The number of halogens is 1. The molecule has 0 amide bonds. The van der Waals surface area contributed by atoms with Crippen LogP contribution >= 0.6 is 11.6 Å². The van der Waals surface area contributed by atoms with Crippen molar-refractivity contribution in [1.82, 2.24) is 19.8 Å². The molecule has 1 N–H and O–H groups in total. The van der Waals surface area contributed by atoms with E-state index in [0.29, 0.717) is 24.1 Å². The molecule has 1 aromatic rings. The van der Waals surface area contributed by atoms with E-state index in [1.54, 1.807) is 6.07 Å². The fourth-order valence-electron chi connectivity index (χ4n) is 2.51. The average Bonchev–Trinajstić information content (AvgIpc) is 2.40. The second-order valence-corrected chi connectivity index (χ2v) is 6.12. The lowest BCUT2D eigenvalue weighted by Gasteiger charge is -2.34. The summed E-state index contributed by atoms with van der Waals surface area (Å²) < 4.78 is 0. The van der Waals surface area contributed by atoms with Crippen molar-refractivity contribution in [1.29, 1.82) is 0 Å². The van der Waals surface area contributed by atoms with E-state index in [-0.39, 0.29) is 0 Å². The van der Waals surface area contributed by atoms with E-state index in [2.05, 4.69) is 26.8 Å². The Morgan fingerprint density at radius 1 is 1.33 bits per heavy atom. The molecule has 1 unspecified atom stereocenters. The Bertz CT molecular complexity index is 444. The van der Waals surface area contributed by atoms with Crippen molar-refractivity contribution in [2.75, 3.05) is 58.3 Å². The fourth-order valence-corrected chi connectivity index (χ4v) is 2.73. The van der Waals surface area contributed by atoms with Gasteiger partial charge < -0.3 is 14.9 Å². The number of anilines is 1. The van der Waals surface area contributed by atoms with Crippen LogP contribution in [0, 0.1) is 6.92 Å². The van der Waals surface area contributed by atoms with Crippen LogP contribution < -0.4 is 4.90 Å². The summed E-state index contributed by atoms with van der Waals surface area (Å²) in [5, 5.41) is 10.7. The molecule has 0 aromatic carbocycles. The second kappa shape index (κ2) is 7.35. The lowest BCUT2D eigenvalue weighted by molar-refractivity contribution is 0.0842. The van der Waals surface area contributed by atoms with Gasteiger partial charge in [0.2, 0.25) is 0 Å². The monoisotopic (exact) mass is 313 g/mol. The molecule has 118 valence electrons. The minimum Gasteiger partial charge on any atom is -0.390 e. The molecular formula is C14H24ClN5O. The highest BCUT2D eigenvalue weighted by Crippen LogP contribution is 2.15. The molecule has 0 spiro atoms. The summed E-state index contributed by atoms with van der Waals surface area (Å²) in [6.45, 7) is 7.16. The average molecular weight is 314 g/mol. The van der Waals surface area contributed by atoms with E-state index in [9.17, 15) is 5.11 Å². The Kier molecular flexibility index (Phi) is 5.75. The second-order valence-electron chi connectivity index (χ2n) is 5.73. The van der Waals surface area contributed by atoms with Gasteiger partial charge >= 0.3 is 0 Å². The molecule has 6 nitrogen and oxygen atoms in total. The Morgan fingerprint density at radius 3 is 2.62 bits per heavy atom. The predicted molar refractivity (Wildman–Crippen MR) is 85.0 cm³/mol. The normalized spacial score (nSPS) is 18.7. The summed E-state index contributed by atoms with van der Waals surface area (Å²) in [7, 11) is 4.04. The third kappa shape index (κ3) is 5.07. The number of hydrogen-bond donors (Lipinski definition) is 1. The van der Waals surface area contributed by atoms with E-state index in [0.717, 1.165) is 32.0 Å². The Labute approximate surface area is 131 Å². The number of likely N-dealkylation sites (N-methyl/N-ethyl adjacent to an activating group) is 2. The van der Waals surface area contributed by atoms with Crippen LogP contribution in [0.15, 0.2) is 6.07 Å². The van der Waals surface area contributed by atoms with Crippen molar-refractivity contribution in [3.05, 3.63) is 17.0 Å². The lowest BCUT2D eigenvalue weighted by Crippen LogP contribution is -2.48. The molecule has 0 bridgehead atoms. The fraction of sp³-hybridized carbons (Fsp3) is 0.714. The number of aromatic nitrogens is 2. The number of nitrogens with zero attached hydrogens (tertiary/aromatic N) is 5. The maximum atomic E-state index is 10.3. The summed E-state index contributed by atoms with van der Waals surface area (Å²) >= 11 is 5.95. The first-order valence-electron chi connectivity index (χ1n) is 7.25. The molecule has 21 heavy (non-hydrogen) atoms. The Balaban J connectivity index is 1.85. The molecule has 1 aromatic heterocycles. The summed E-state index contributed by atoms with van der Waals surface area (Å²) in [4.78, 5) is 14.9. The van der Waals surface area contributed by atoms with Crippen LogP contribution in [0.4, 0.5) is 5.82 Å². The predicted octanol–water partition coefficient (Wildman–Crippen LogP) is 0.483. The van der Waals surface area contributed by atoms with E-state index in [1.807, 2.05) is 18.9 Å². The van der Waals surface area contributed by atoms with Gasteiger partial charge in [0.05, 0.1) is 6.10 Å². The van der Waals surface area contributed by atoms with E-state index in [4.69, 9.17) is 11.6 Å². The van der Waals surface area contributed by atoms with E-state index in [1.165, 1.54) is 0 Å². The minimum atomic E-state index is -0.410. The van der Waals surface area contributed by atoms with Gasteiger partial charge in [-0.1, -0.05) is 11.6 Å². The van der Waals surface area contributed by atoms with Gasteiger partial charge in [0.15, 0.2) is 0 Å². The molecule has 1 fully saturated rings. The number of piperazine rings is 1. The maximum absolute atomic E-state index is 10.3. The number of rotatable bonds is 5. The zero-order valence-corrected chi connectivity index (χ0v) is 13.7. The van der Waals surface area contributed by atoms with Gasteiger partial charge in [-0.05, 0) is 14.0 Å². The van der Waals surface area contributed by atoms with Gasteiger partial charge in [0.1, 0.15) is 16.8 Å². The largest absolute Gasteiger partial charge is 0.390 e. The van der Waals surface area contributed by atoms with Gasteiger partial charge in [0, 0.05) is 52.4 Å². The number of aliphatic hydroxyl groups is 1. The summed E-state index contributed by atoms with van der Waals surface area (Å²) in [6, 6.07) is 1.72. The summed E-state index contributed by atoms with van der Waals surface area (Å²) in [5.74, 6) is 1.38. The first kappa shape index (κ1) is 16.4. The zero-order chi connectivity index (χ0) is 15.4. The highest BCUT2D eigenvalue weighted by atomic mass is 35.5. The maximum Gasteiger partial charge on any atom is 0.134 e. The van der Waals surface area contributed by atoms with Crippen LogP contribution in [-0.4, -0.2) is 84.3 Å². The van der Waals surface area contributed by atoms with Crippen LogP contribution in [0.1, 0.15) is 5.82 Å². The van der Waals surface area contributed by atoms with Crippen LogP contribution in [0.3, 0.4) is 0 Å². The van der Waals surface area contributed by atoms with Gasteiger partial charge in [-0.2, -0.15) is 0 Å². The third-order valence-electron chi connectivity index (χ3n) is 3.73. The van der Waals surface area contributed by atoms with Crippen molar-refractivity contribution < 1.29 is 5.11 Å². The Hall–Kier alpha value is -0.950. The topological polar surface area (TPSA) is 55.7 Å². The summed E-state index contributed by atoms with van der Waals surface area (Å²) in [5.41, 5.74) is 0. The van der Waals surface area contributed by atoms with Crippen molar-refractivity contribution in [2.24, 2.45) is 0 Å². The van der Waals surface area contributed by atoms with Crippen LogP contribution in [0.25, 0.3) is 0 Å². The first-order valence-corrected chi connectivity index (χ1v) is 7.63. The molecule has 2 rings (SSSR count). The highest BCUT2D eigenvalue weighted by molar-refractivity contribution is 6.29. The molecule has 1 aliphatic heterocycles. The van der Waals surface area contributed by atoms with Crippen LogP contribution in [0.2, 0.25) is 5.15 Å². The Morgan fingerprint density at radius 2 is 2.00 bits per heavy atom. The first-order chi connectivity index (χ1) is 9.94. The number of aliphatic hydroxyl groups excluding tert-OH is 1. The van der Waals surface area contributed by atoms with Crippen molar-refractivity contribution in [3.8, 4) is 0 Å². The number of β-amino-alcohol motifs (C(OH)–C–C–N with tert-alkyl or cyclic N) is 1. The zero-order valence-electron chi connectivity index (χ0n) is 13.0. The minimum absolute atomic E-state index is 0.410. The van der Waals surface area contributed by atoms with Gasteiger partial charge in [0.25, 0.3) is 0 Å². The smallest absolute Gasteiger partial charge is 0.134 e.